The Bertz CT molecular complexity index is 641. The van der Waals surface area contributed by atoms with Gasteiger partial charge in [0.2, 0.25) is 5.91 Å². The molecule has 1 unspecified atom stereocenters. The summed E-state index contributed by atoms with van der Waals surface area (Å²) in [5.74, 6) is 1.93. The van der Waals surface area contributed by atoms with Crippen molar-refractivity contribution < 1.29 is 4.79 Å². The van der Waals surface area contributed by atoms with Crippen molar-refractivity contribution in [2.75, 3.05) is 5.75 Å². The van der Waals surface area contributed by atoms with Gasteiger partial charge in [0.05, 0.1) is 17.5 Å². The number of carbonyl (C=O) groups is 1. The van der Waals surface area contributed by atoms with Crippen molar-refractivity contribution in [3.8, 4) is 0 Å². The second-order valence-corrected chi connectivity index (χ2v) is 7.65. The highest BCUT2D eigenvalue weighted by atomic mass is 32.2. The predicted octanol–water partition coefficient (Wildman–Crippen LogP) is 4.75. The predicted molar refractivity (Wildman–Crippen MR) is 104 cm³/mol. The topological polar surface area (TPSA) is 42.0 Å². The molecule has 1 amide bonds. The van der Waals surface area contributed by atoms with Crippen LogP contribution in [-0.4, -0.2) is 16.6 Å². The fourth-order valence-electron chi connectivity index (χ4n) is 3.55. The van der Waals surface area contributed by atoms with E-state index in [-0.39, 0.29) is 11.9 Å². The first-order valence-electron chi connectivity index (χ1n) is 9.15. The van der Waals surface area contributed by atoms with Crippen LogP contribution in [0.15, 0.2) is 54.7 Å². The Morgan fingerprint density at radius 2 is 1.84 bits per heavy atom. The molecule has 1 aliphatic carbocycles. The third-order valence-corrected chi connectivity index (χ3v) is 5.77. The number of pyridine rings is 1. The van der Waals surface area contributed by atoms with Crippen molar-refractivity contribution >= 4 is 17.7 Å². The normalized spacial score (nSPS) is 16.3. The van der Waals surface area contributed by atoms with Crippen LogP contribution in [0, 0.1) is 5.92 Å². The van der Waals surface area contributed by atoms with Gasteiger partial charge in [0, 0.05) is 11.9 Å². The number of hydrogen-bond acceptors (Lipinski definition) is 3. The zero-order valence-corrected chi connectivity index (χ0v) is 15.4. The van der Waals surface area contributed by atoms with Gasteiger partial charge in [0.1, 0.15) is 0 Å². The first-order chi connectivity index (χ1) is 12.3. The highest BCUT2D eigenvalue weighted by Crippen LogP contribution is 2.34. The van der Waals surface area contributed by atoms with E-state index in [0.29, 0.717) is 11.7 Å². The molecule has 0 radical (unpaired) electrons. The lowest BCUT2D eigenvalue weighted by Gasteiger charge is -2.31. The number of rotatable bonds is 7. The molecule has 1 aromatic carbocycles. The minimum atomic E-state index is 0.125. The lowest BCUT2D eigenvalue weighted by atomic mass is 9.81. The van der Waals surface area contributed by atoms with Crippen molar-refractivity contribution in [2.45, 2.75) is 43.9 Å². The molecule has 1 aliphatic rings. The summed E-state index contributed by atoms with van der Waals surface area (Å²) in [4.78, 5) is 16.8. The Morgan fingerprint density at radius 1 is 1.08 bits per heavy atom. The molecule has 1 fully saturated rings. The molecular weight excluding hydrogens is 328 g/mol. The van der Waals surface area contributed by atoms with E-state index >= 15 is 0 Å². The molecule has 3 nitrogen and oxygen atoms in total. The molecule has 4 heteroatoms. The first kappa shape index (κ1) is 18.0. The fourth-order valence-corrected chi connectivity index (χ4v) is 4.30. The van der Waals surface area contributed by atoms with E-state index in [9.17, 15) is 4.79 Å². The average molecular weight is 355 g/mol. The molecule has 25 heavy (non-hydrogen) atoms. The van der Waals surface area contributed by atoms with Gasteiger partial charge < -0.3 is 5.32 Å². The van der Waals surface area contributed by atoms with Crippen LogP contribution in [0.25, 0.3) is 0 Å². The number of aromatic nitrogens is 1. The van der Waals surface area contributed by atoms with Crippen LogP contribution in [0.1, 0.15) is 49.4 Å². The number of carbonyl (C=O) groups excluding carboxylic acids is 1. The molecular formula is C21H26N2OS. The van der Waals surface area contributed by atoms with Crippen molar-refractivity contribution in [1.82, 2.24) is 10.3 Å². The third-order valence-electron chi connectivity index (χ3n) is 4.81. The number of thioether (sulfide) groups is 1. The molecule has 1 aromatic heterocycles. The molecule has 1 saturated carbocycles. The SMILES string of the molecule is O=C(CSCc1ccccn1)NC(c1ccccc1)C1CCCCC1. The Balaban J connectivity index is 1.56. The maximum Gasteiger partial charge on any atom is 0.230 e. The van der Waals surface area contributed by atoms with E-state index < -0.39 is 0 Å². The van der Waals surface area contributed by atoms with Crippen molar-refractivity contribution in [2.24, 2.45) is 5.92 Å². The summed E-state index contributed by atoms with van der Waals surface area (Å²) in [5.41, 5.74) is 2.25. The molecule has 3 rings (SSSR count). The molecule has 2 aromatic rings. The largest absolute Gasteiger partial charge is 0.348 e. The Morgan fingerprint density at radius 3 is 2.56 bits per heavy atom. The molecule has 1 atom stereocenters. The van der Waals surface area contributed by atoms with Gasteiger partial charge in [-0.3, -0.25) is 9.78 Å². The van der Waals surface area contributed by atoms with E-state index in [1.807, 2.05) is 24.3 Å². The van der Waals surface area contributed by atoms with Crippen LogP contribution in [0.4, 0.5) is 0 Å². The van der Waals surface area contributed by atoms with Crippen molar-refractivity contribution in [3.05, 3.63) is 66.0 Å². The fraction of sp³-hybridized carbons (Fsp3) is 0.429. The van der Waals surface area contributed by atoms with Gasteiger partial charge in [-0.1, -0.05) is 55.7 Å². The summed E-state index contributed by atoms with van der Waals surface area (Å²) in [5, 5.41) is 3.31. The first-order valence-corrected chi connectivity index (χ1v) is 10.3. The van der Waals surface area contributed by atoms with Crippen molar-refractivity contribution in [1.29, 1.82) is 0 Å². The van der Waals surface area contributed by atoms with Crippen LogP contribution in [-0.2, 0) is 10.5 Å². The number of nitrogens with zero attached hydrogens (tertiary/aromatic N) is 1. The van der Waals surface area contributed by atoms with Crippen molar-refractivity contribution in [3.63, 3.8) is 0 Å². The van der Waals surface area contributed by atoms with Crippen LogP contribution in [0.5, 0.6) is 0 Å². The van der Waals surface area contributed by atoms with Gasteiger partial charge >= 0.3 is 0 Å². The lowest BCUT2D eigenvalue weighted by Crippen LogP contribution is -2.35. The molecule has 0 spiro atoms. The smallest absolute Gasteiger partial charge is 0.230 e. The second-order valence-electron chi connectivity index (χ2n) is 6.67. The van der Waals surface area contributed by atoms with E-state index in [4.69, 9.17) is 0 Å². The van der Waals surface area contributed by atoms with E-state index in [0.717, 1.165) is 11.4 Å². The number of amides is 1. The van der Waals surface area contributed by atoms with Crippen LogP contribution in [0.3, 0.4) is 0 Å². The monoisotopic (exact) mass is 354 g/mol. The minimum absolute atomic E-state index is 0.125. The summed E-state index contributed by atoms with van der Waals surface area (Å²) in [7, 11) is 0. The minimum Gasteiger partial charge on any atom is -0.348 e. The Labute approximate surface area is 154 Å². The molecule has 0 bridgehead atoms. The van der Waals surface area contributed by atoms with E-state index in [2.05, 4.69) is 34.6 Å². The zero-order valence-electron chi connectivity index (χ0n) is 14.6. The molecule has 1 heterocycles. The highest BCUT2D eigenvalue weighted by molar-refractivity contribution is 7.99. The van der Waals surface area contributed by atoms with Gasteiger partial charge in [-0.25, -0.2) is 0 Å². The maximum absolute atomic E-state index is 12.5. The maximum atomic E-state index is 12.5. The molecule has 1 N–H and O–H groups in total. The number of benzene rings is 1. The van der Waals surface area contributed by atoms with Gasteiger partial charge in [0.25, 0.3) is 0 Å². The summed E-state index contributed by atoms with van der Waals surface area (Å²) in [6, 6.07) is 16.5. The Kier molecular flexibility index (Phi) is 6.92. The van der Waals surface area contributed by atoms with Gasteiger partial charge in [0.15, 0.2) is 0 Å². The van der Waals surface area contributed by atoms with E-state index in [1.54, 1.807) is 18.0 Å². The number of nitrogens with one attached hydrogen (secondary N) is 1. The van der Waals surface area contributed by atoms with Crippen LogP contribution in [0.2, 0.25) is 0 Å². The molecule has 132 valence electrons. The van der Waals surface area contributed by atoms with E-state index in [1.165, 1.54) is 37.7 Å². The zero-order chi connectivity index (χ0) is 17.3. The summed E-state index contributed by atoms with van der Waals surface area (Å²) >= 11 is 1.62. The highest BCUT2D eigenvalue weighted by Gasteiger charge is 2.26. The third kappa shape index (κ3) is 5.60. The Hall–Kier alpha value is -1.81. The van der Waals surface area contributed by atoms with Crippen LogP contribution < -0.4 is 5.32 Å². The molecule has 0 aliphatic heterocycles. The number of hydrogen-bond donors (Lipinski definition) is 1. The average Bonchev–Trinajstić information content (AvgIpc) is 2.68. The van der Waals surface area contributed by atoms with Gasteiger partial charge in [-0.05, 0) is 36.5 Å². The summed E-state index contributed by atoms with van der Waals surface area (Å²) in [6.07, 6.45) is 8.09. The molecule has 0 saturated heterocycles. The lowest BCUT2D eigenvalue weighted by molar-refractivity contribution is -0.119. The van der Waals surface area contributed by atoms with Crippen LogP contribution >= 0.6 is 11.8 Å². The standard InChI is InChI=1S/C21H26N2OS/c24-20(16-25-15-19-13-7-8-14-22-19)23-21(17-9-3-1-4-10-17)18-11-5-2-6-12-18/h1,3-4,7-10,13-14,18,21H,2,5-6,11-12,15-16H2,(H,23,24). The van der Waals surface area contributed by atoms with Gasteiger partial charge in [-0.2, -0.15) is 0 Å². The summed E-state index contributed by atoms with van der Waals surface area (Å²) < 4.78 is 0. The summed E-state index contributed by atoms with van der Waals surface area (Å²) in [6.45, 7) is 0. The van der Waals surface area contributed by atoms with Gasteiger partial charge in [-0.15, -0.1) is 11.8 Å². The quantitative estimate of drug-likeness (QED) is 0.780. The second kappa shape index (κ2) is 9.62.